The van der Waals surface area contributed by atoms with Crippen LogP contribution >= 0.6 is 11.6 Å². The maximum atomic E-state index is 6.23. The maximum absolute atomic E-state index is 6.23. The minimum absolute atomic E-state index is 0.335. The van der Waals surface area contributed by atoms with E-state index in [1.165, 1.54) is 0 Å². The molecule has 0 spiro atoms. The minimum atomic E-state index is -0.431. The second kappa shape index (κ2) is 3.94. The Morgan fingerprint density at radius 1 is 1.38 bits per heavy atom. The minimum Gasteiger partial charge on any atom is -0.489 e. The van der Waals surface area contributed by atoms with Gasteiger partial charge in [0.05, 0.1) is 11.1 Å². The third kappa shape index (κ3) is 2.50. The van der Waals surface area contributed by atoms with Gasteiger partial charge in [0.1, 0.15) is 5.75 Å². The number of aryl methyl sites for hydroxylation is 1. The lowest BCUT2D eigenvalue weighted by Gasteiger charge is -2.24. The summed E-state index contributed by atoms with van der Waals surface area (Å²) in [4.78, 5) is 0. The molecule has 88 valence electrons. The van der Waals surface area contributed by atoms with E-state index >= 15 is 0 Å². The summed E-state index contributed by atoms with van der Waals surface area (Å²) < 4.78 is 5.86. The molecular weight excluding hydrogens is 222 g/mol. The molecule has 0 radical (unpaired) electrons. The molecule has 0 bridgehead atoms. The van der Waals surface area contributed by atoms with Gasteiger partial charge in [-0.25, -0.2) is 0 Å². The van der Waals surface area contributed by atoms with Gasteiger partial charge in [-0.1, -0.05) is 17.7 Å². The van der Waals surface area contributed by atoms with E-state index in [1.807, 2.05) is 26.8 Å². The van der Waals surface area contributed by atoms with Crippen molar-refractivity contribution < 1.29 is 4.74 Å². The van der Waals surface area contributed by atoms with E-state index in [4.69, 9.17) is 22.1 Å². The molecular formula is C13H18ClNO. The van der Waals surface area contributed by atoms with Crippen LogP contribution in [0.2, 0.25) is 5.02 Å². The lowest BCUT2D eigenvalue weighted by molar-refractivity contribution is 0.294. The first-order valence-corrected chi connectivity index (χ1v) is 6.02. The van der Waals surface area contributed by atoms with Crippen LogP contribution in [0.25, 0.3) is 0 Å². The molecule has 0 heterocycles. The molecule has 3 heteroatoms. The van der Waals surface area contributed by atoms with Gasteiger partial charge in [-0.3, -0.25) is 0 Å². The van der Waals surface area contributed by atoms with Crippen LogP contribution < -0.4 is 10.5 Å². The summed E-state index contributed by atoms with van der Waals surface area (Å²) in [6, 6.07) is 3.98. The SMILES string of the molecule is Cc1cc(Cl)c(OC2CC2)c(C(C)(C)N)c1. The van der Waals surface area contributed by atoms with Crippen molar-refractivity contribution in [3.05, 3.63) is 28.3 Å². The summed E-state index contributed by atoms with van der Waals surface area (Å²) in [5, 5.41) is 0.667. The number of benzene rings is 1. The Labute approximate surface area is 102 Å². The zero-order valence-electron chi connectivity index (χ0n) is 10.0. The maximum Gasteiger partial charge on any atom is 0.143 e. The summed E-state index contributed by atoms with van der Waals surface area (Å²) in [6.07, 6.45) is 2.57. The van der Waals surface area contributed by atoms with E-state index in [9.17, 15) is 0 Å². The molecule has 1 fully saturated rings. The molecule has 0 unspecified atom stereocenters. The van der Waals surface area contributed by atoms with Gasteiger partial charge in [-0.05, 0) is 45.2 Å². The molecule has 0 aliphatic heterocycles. The molecule has 0 atom stereocenters. The first-order valence-electron chi connectivity index (χ1n) is 5.64. The summed E-state index contributed by atoms with van der Waals surface area (Å²) in [5.74, 6) is 0.766. The average molecular weight is 240 g/mol. The van der Waals surface area contributed by atoms with Crippen molar-refractivity contribution in [1.29, 1.82) is 0 Å². The van der Waals surface area contributed by atoms with E-state index in [2.05, 4.69) is 6.07 Å². The van der Waals surface area contributed by atoms with Gasteiger partial charge in [0.25, 0.3) is 0 Å². The Balaban J connectivity index is 2.45. The van der Waals surface area contributed by atoms with Crippen LogP contribution in [-0.4, -0.2) is 6.10 Å². The van der Waals surface area contributed by atoms with E-state index in [1.54, 1.807) is 0 Å². The van der Waals surface area contributed by atoms with Gasteiger partial charge >= 0.3 is 0 Å². The van der Waals surface area contributed by atoms with Crippen molar-refractivity contribution in [3.63, 3.8) is 0 Å². The van der Waals surface area contributed by atoms with Crippen molar-refractivity contribution in [1.82, 2.24) is 0 Å². The van der Waals surface area contributed by atoms with Gasteiger partial charge in [-0.15, -0.1) is 0 Å². The average Bonchev–Trinajstić information content (AvgIpc) is 2.91. The van der Waals surface area contributed by atoms with Crippen molar-refractivity contribution in [2.45, 2.75) is 45.3 Å². The summed E-state index contributed by atoms with van der Waals surface area (Å²) in [6.45, 7) is 5.96. The van der Waals surface area contributed by atoms with E-state index in [0.29, 0.717) is 11.1 Å². The highest BCUT2D eigenvalue weighted by Crippen LogP contribution is 2.39. The molecule has 0 amide bonds. The predicted molar refractivity (Wildman–Crippen MR) is 67.1 cm³/mol. The second-order valence-corrected chi connectivity index (χ2v) is 5.57. The summed E-state index contributed by atoms with van der Waals surface area (Å²) in [5.41, 5.74) is 7.83. The molecule has 2 N–H and O–H groups in total. The molecule has 1 aliphatic rings. The number of rotatable bonds is 3. The lowest BCUT2D eigenvalue weighted by atomic mass is 9.93. The van der Waals surface area contributed by atoms with E-state index in [0.717, 1.165) is 29.7 Å². The molecule has 16 heavy (non-hydrogen) atoms. The van der Waals surface area contributed by atoms with E-state index < -0.39 is 5.54 Å². The number of hydrogen-bond acceptors (Lipinski definition) is 2. The summed E-state index contributed by atoms with van der Waals surface area (Å²) >= 11 is 6.23. The normalized spacial score (nSPS) is 16.3. The Morgan fingerprint density at radius 2 is 2.00 bits per heavy atom. The first kappa shape index (κ1) is 11.7. The fourth-order valence-electron chi connectivity index (χ4n) is 1.68. The fourth-order valence-corrected chi connectivity index (χ4v) is 2.00. The Hall–Kier alpha value is -0.730. The third-order valence-corrected chi connectivity index (χ3v) is 2.97. The number of halogens is 1. The predicted octanol–water partition coefficient (Wildman–Crippen LogP) is 3.38. The van der Waals surface area contributed by atoms with Crippen molar-refractivity contribution in [3.8, 4) is 5.75 Å². The van der Waals surface area contributed by atoms with E-state index in [-0.39, 0.29) is 0 Å². The number of ether oxygens (including phenoxy) is 1. The highest BCUT2D eigenvalue weighted by Gasteiger charge is 2.29. The fraction of sp³-hybridized carbons (Fsp3) is 0.538. The molecule has 2 rings (SSSR count). The monoisotopic (exact) mass is 239 g/mol. The third-order valence-electron chi connectivity index (χ3n) is 2.69. The van der Waals surface area contributed by atoms with Gasteiger partial charge in [0, 0.05) is 11.1 Å². The topological polar surface area (TPSA) is 35.2 Å². The highest BCUT2D eigenvalue weighted by atomic mass is 35.5. The van der Waals surface area contributed by atoms with Crippen LogP contribution in [0.4, 0.5) is 0 Å². The Kier molecular flexibility index (Phi) is 2.89. The van der Waals surface area contributed by atoms with Gasteiger partial charge in [0.2, 0.25) is 0 Å². The zero-order chi connectivity index (χ0) is 11.9. The van der Waals surface area contributed by atoms with Gasteiger partial charge < -0.3 is 10.5 Å². The smallest absolute Gasteiger partial charge is 0.143 e. The molecule has 1 aliphatic carbocycles. The highest BCUT2D eigenvalue weighted by molar-refractivity contribution is 6.32. The van der Waals surface area contributed by atoms with Gasteiger partial charge in [0.15, 0.2) is 0 Å². The lowest BCUT2D eigenvalue weighted by Crippen LogP contribution is -2.29. The zero-order valence-corrected chi connectivity index (χ0v) is 10.8. The molecule has 0 aromatic heterocycles. The van der Waals surface area contributed by atoms with Crippen molar-refractivity contribution >= 4 is 11.6 Å². The van der Waals surface area contributed by atoms with Crippen LogP contribution in [0.1, 0.15) is 37.8 Å². The summed E-state index contributed by atoms with van der Waals surface area (Å²) in [7, 11) is 0. The molecule has 2 nitrogen and oxygen atoms in total. The Morgan fingerprint density at radius 3 is 2.50 bits per heavy atom. The van der Waals surface area contributed by atoms with Gasteiger partial charge in [-0.2, -0.15) is 0 Å². The molecule has 0 saturated heterocycles. The van der Waals surface area contributed by atoms with Crippen molar-refractivity contribution in [2.75, 3.05) is 0 Å². The first-order chi connectivity index (χ1) is 7.38. The van der Waals surface area contributed by atoms with Crippen LogP contribution in [-0.2, 0) is 5.54 Å². The number of nitrogens with two attached hydrogens (primary N) is 1. The molecule has 1 aromatic carbocycles. The second-order valence-electron chi connectivity index (χ2n) is 5.16. The van der Waals surface area contributed by atoms with Crippen LogP contribution in [0.5, 0.6) is 5.75 Å². The molecule has 1 aromatic rings. The largest absolute Gasteiger partial charge is 0.489 e. The van der Waals surface area contributed by atoms with Crippen LogP contribution in [0.15, 0.2) is 12.1 Å². The van der Waals surface area contributed by atoms with Crippen molar-refractivity contribution in [2.24, 2.45) is 5.73 Å². The number of hydrogen-bond donors (Lipinski definition) is 1. The standard InChI is InChI=1S/C13H18ClNO/c1-8-6-10(13(2,3)15)12(11(14)7-8)16-9-4-5-9/h6-7,9H,4-5,15H2,1-3H3. The van der Waals surface area contributed by atoms with Crippen LogP contribution in [0.3, 0.4) is 0 Å². The Bertz CT molecular complexity index is 405. The van der Waals surface area contributed by atoms with Crippen LogP contribution in [0, 0.1) is 6.92 Å². The quantitative estimate of drug-likeness (QED) is 0.878. The molecule has 1 saturated carbocycles.